The zero-order chi connectivity index (χ0) is 49.7. The van der Waals surface area contributed by atoms with Crippen LogP contribution in [0, 0.1) is 0 Å². The van der Waals surface area contributed by atoms with E-state index >= 15 is 0 Å². The molecule has 0 heterocycles. The Hall–Kier alpha value is -9.82. The highest BCUT2D eigenvalue weighted by Crippen LogP contribution is 2.49. The fourth-order valence-corrected chi connectivity index (χ4v) is 11.7. The van der Waals surface area contributed by atoms with Gasteiger partial charge in [0, 0.05) is 17.1 Å². The van der Waals surface area contributed by atoms with Gasteiger partial charge in [0.2, 0.25) is 0 Å². The van der Waals surface area contributed by atoms with Gasteiger partial charge in [-0.05, 0) is 175 Å². The number of rotatable bonds is 9. The Morgan fingerprint density at radius 2 is 0.573 bits per heavy atom. The molecule has 0 aliphatic rings. The van der Waals surface area contributed by atoms with E-state index in [-0.39, 0.29) is 0 Å². The van der Waals surface area contributed by atoms with Crippen LogP contribution in [-0.4, -0.2) is 0 Å². The quantitative estimate of drug-likeness (QED) is 0.103. The highest BCUT2D eigenvalue weighted by molar-refractivity contribution is 6.24. The molecule has 0 aliphatic heterocycles. The van der Waals surface area contributed by atoms with E-state index in [0.717, 1.165) is 22.6 Å². The van der Waals surface area contributed by atoms with Gasteiger partial charge in [-0.25, -0.2) is 0 Å². The van der Waals surface area contributed by atoms with E-state index in [9.17, 15) is 0 Å². The Kier molecular flexibility index (Phi) is 10.9. The second-order valence-electron chi connectivity index (χ2n) is 19.6. The third-order valence-electron chi connectivity index (χ3n) is 15.1. The maximum atomic E-state index is 2.44. The van der Waals surface area contributed by atoms with Crippen molar-refractivity contribution >= 4 is 93.8 Å². The maximum absolute atomic E-state index is 2.44. The topological polar surface area (TPSA) is 3.24 Å². The fourth-order valence-electron chi connectivity index (χ4n) is 11.7. The van der Waals surface area contributed by atoms with Gasteiger partial charge < -0.3 is 4.90 Å². The summed E-state index contributed by atoms with van der Waals surface area (Å²) in [6.45, 7) is 0. The lowest BCUT2D eigenvalue weighted by molar-refractivity contribution is 1.29. The second kappa shape index (κ2) is 18.7. The minimum Gasteiger partial charge on any atom is -0.310 e. The van der Waals surface area contributed by atoms with E-state index in [1.807, 2.05) is 0 Å². The molecule has 0 unspecified atom stereocenters. The lowest BCUT2D eigenvalue weighted by Gasteiger charge is -2.27. The second-order valence-corrected chi connectivity index (χ2v) is 19.6. The smallest absolute Gasteiger partial charge is 0.0468 e. The van der Waals surface area contributed by atoms with Crippen molar-refractivity contribution in [2.75, 3.05) is 4.90 Å². The van der Waals surface area contributed by atoms with Crippen LogP contribution in [0.2, 0.25) is 0 Å². The number of hydrogen-bond donors (Lipinski definition) is 0. The van der Waals surface area contributed by atoms with Gasteiger partial charge in [-0.15, -0.1) is 0 Å². The Morgan fingerprint density at radius 1 is 0.200 bits per heavy atom. The number of anilines is 3. The van der Waals surface area contributed by atoms with Crippen LogP contribution >= 0.6 is 0 Å². The summed E-state index contributed by atoms with van der Waals surface area (Å²) in [5.74, 6) is 0. The lowest BCUT2D eigenvalue weighted by Crippen LogP contribution is -2.10. The van der Waals surface area contributed by atoms with Gasteiger partial charge in [-0.3, -0.25) is 0 Å². The van der Waals surface area contributed by atoms with Crippen molar-refractivity contribution in [3.8, 4) is 44.5 Å². The molecule has 14 rings (SSSR count). The normalized spacial score (nSPS) is 11.7. The van der Waals surface area contributed by atoms with Crippen molar-refractivity contribution in [2.24, 2.45) is 0 Å². The Balaban J connectivity index is 0.976. The van der Waals surface area contributed by atoms with E-state index in [4.69, 9.17) is 0 Å². The van der Waals surface area contributed by atoms with Crippen molar-refractivity contribution in [1.82, 2.24) is 0 Å². The predicted octanol–water partition coefficient (Wildman–Crippen LogP) is 20.9. The van der Waals surface area contributed by atoms with Crippen LogP contribution < -0.4 is 4.90 Å². The molecular formula is C74H49N. The van der Waals surface area contributed by atoms with Gasteiger partial charge in [0.25, 0.3) is 0 Å². The van der Waals surface area contributed by atoms with E-state index < -0.39 is 0 Å². The third-order valence-corrected chi connectivity index (χ3v) is 15.1. The Morgan fingerprint density at radius 3 is 1.12 bits per heavy atom. The number of benzene rings is 14. The molecular weight excluding hydrogens is 903 g/mol. The first-order chi connectivity index (χ1) is 37.2. The first-order valence-electron chi connectivity index (χ1n) is 25.9. The van der Waals surface area contributed by atoms with Crippen molar-refractivity contribution in [3.05, 3.63) is 296 Å². The van der Waals surface area contributed by atoms with Gasteiger partial charge in [0.15, 0.2) is 0 Å². The van der Waals surface area contributed by atoms with E-state index in [2.05, 4.69) is 302 Å². The number of nitrogens with zero attached hydrogens (tertiary/aromatic N) is 1. The van der Waals surface area contributed by atoms with Crippen LogP contribution in [-0.2, 0) is 0 Å². The largest absolute Gasteiger partial charge is 0.310 e. The van der Waals surface area contributed by atoms with Crippen LogP contribution in [0.15, 0.2) is 285 Å². The predicted molar refractivity (Wildman–Crippen MR) is 323 cm³/mol. The molecule has 0 saturated heterocycles. The highest BCUT2D eigenvalue weighted by Gasteiger charge is 2.22. The minimum atomic E-state index is 1.08. The monoisotopic (exact) mass is 951 g/mol. The summed E-state index contributed by atoms with van der Waals surface area (Å²) in [6, 6.07) is 105. The standard InChI is InChI=1S/C74H49N/c1-3-19-50(20-4-1)37-38-51-21-17-26-56(45-51)71-63-31-11-13-33-65(63)72(66-34-14-12-32-64(66)71)57-27-18-30-61(48-57)75(60-28-5-2-6-29-60)62-43-44-69-70(49-62)74(59-42-40-53-23-8-10-25-55(53)47-59)68-36-16-15-35-67(68)73(69)58-41-39-52-22-7-9-24-54(52)46-58/h1-49H/b38-37+. The van der Waals surface area contributed by atoms with Crippen LogP contribution in [0.25, 0.3) is 121 Å². The van der Waals surface area contributed by atoms with E-state index in [0.29, 0.717) is 0 Å². The summed E-state index contributed by atoms with van der Waals surface area (Å²) < 4.78 is 0. The van der Waals surface area contributed by atoms with Crippen LogP contribution in [0.3, 0.4) is 0 Å². The summed E-state index contributed by atoms with van der Waals surface area (Å²) in [4.78, 5) is 2.44. The molecule has 0 aliphatic carbocycles. The third kappa shape index (κ3) is 7.90. The molecule has 1 nitrogen and oxygen atoms in total. The van der Waals surface area contributed by atoms with Crippen molar-refractivity contribution < 1.29 is 0 Å². The average Bonchev–Trinajstić information content (AvgIpc) is 3.48. The average molecular weight is 952 g/mol. The zero-order valence-corrected chi connectivity index (χ0v) is 41.2. The first kappa shape index (κ1) is 43.9. The summed E-state index contributed by atoms with van der Waals surface area (Å²) in [5, 5.41) is 14.7. The Bertz CT molecular complexity index is 4470. The molecule has 0 fully saturated rings. The van der Waals surface area contributed by atoms with E-state index in [1.165, 1.54) is 115 Å². The van der Waals surface area contributed by atoms with Gasteiger partial charge in [-0.2, -0.15) is 0 Å². The molecule has 14 aromatic carbocycles. The van der Waals surface area contributed by atoms with Crippen molar-refractivity contribution in [1.29, 1.82) is 0 Å². The minimum absolute atomic E-state index is 1.08. The molecule has 0 amide bonds. The lowest BCUT2D eigenvalue weighted by atomic mass is 9.85. The summed E-state index contributed by atoms with van der Waals surface area (Å²) in [6.07, 6.45) is 4.41. The molecule has 0 bridgehead atoms. The van der Waals surface area contributed by atoms with Crippen LogP contribution in [0.1, 0.15) is 11.1 Å². The number of fused-ring (bicyclic) bond motifs is 6. The summed E-state index contributed by atoms with van der Waals surface area (Å²) >= 11 is 0. The SMILES string of the molecule is C(=C\c1cccc(-c2c3ccccc3c(-c3cccc(N(c4ccccc4)c4ccc5c(-c6ccc7ccccc7c6)c6ccccc6c(-c6ccc7ccccc7c6)c5c4)c3)c3ccccc23)c1)/c1ccccc1. The van der Waals surface area contributed by atoms with Crippen LogP contribution in [0.5, 0.6) is 0 Å². The first-order valence-corrected chi connectivity index (χ1v) is 25.9. The maximum Gasteiger partial charge on any atom is 0.0468 e. The highest BCUT2D eigenvalue weighted by atomic mass is 15.1. The van der Waals surface area contributed by atoms with Gasteiger partial charge in [0.05, 0.1) is 0 Å². The molecule has 350 valence electrons. The molecule has 0 atom stereocenters. The summed E-state index contributed by atoms with van der Waals surface area (Å²) in [7, 11) is 0. The van der Waals surface area contributed by atoms with Gasteiger partial charge in [0.1, 0.15) is 0 Å². The number of para-hydroxylation sites is 1. The van der Waals surface area contributed by atoms with Gasteiger partial charge >= 0.3 is 0 Å². The molecule has 1 heteroatoms. The molecule has 14 aromatic rings. The zero-order valence-electron chi connectivity index (χ0n) is 41.2. The Labute approximate surface area is 437 Å². The molecule has 0 aromatic heterocycles. The van der Waals surface area contributed by atoms with Crippen molar-refractivity contribution in [2.45, 2.75) is 0 Å². The molecule has 0 saturated carbocycles. The molecule has 0 spiro atoms. The summed E-state index contributed by atoms with van der Waals surface area (Å²) in [5.41, 5.74) is 15.3. The van der Waals surface area contributed by atoms with E-state index in [1.54, 1.807) is 0 Å². The molecule has 0 N–H and O–H groups in total. The fraction of sp³-hybridized carbons (Fsp3) is 0. The van der Waals surface area contributed by atoms with Gasteiger partial charge in [-0.1, -0.05) is 243 Å². The number of hydrogen-bond acceptors (Lipinski definition) is 1. The molecule has 75 heavy (non-hydrogen) atoms. The molecule has 0 radical (unpaired) electrons. The van der Waals surface area contributed by atoms with Crippen LogP contribution in [0.4, 0.5) is 17.1 Å². The van der Waals surface area contributed by atoms with Crippen molar-refractivity contribution in [3.63, 3.8) is 0 Å².